The third-order valence-corrected chi connectivity index (χ3v) is 5.83. The molecule has 158 valence electrons. The van der Waals surface area contributed by atoms with Crippen molar-refractivity contribution in [2.24, 2.45) is 0 Å². The average Bonchev–Trinajstić information content (AvgIpc) is 3.04. The van der Waals surface area contributed by atoms with Gasteiger partial charge in [0.2, 0.25) is 5.91 Å². The van der Waals surface area contributed by atoms with Crippen LogP contribution in [-0.2, 0) is 16.1 Å². The summed E-state index contributed by atoms with van der Waals surface area (Å²) in [6, 6.07) is 5.73. The quantitative estimate of drug-likeness (QED) is 0.426. The lowest BCUT2D eigenvalue weighted by Gasteiger charge is -2.34. The van der Waals surface area contributed by atoms with Crippen molar-refractivity contribution in [3.05, 3.63) is 39.9 Å². The van der Waals surface area contributed by atoms with E-state index in [4.69, 9.17) is 4.74 Å². The number of alkyl carbamates (subject to hydrolysis) is 1. The fourth-order valence-corrected chi connectivity index (χ4v) is 4.24. The SMILES string of the molecule is CN1C[C@@H](S)C[C@H]1C(=O)N1CCC(NC(=O)OCc2ccc([N+](=O)[O-])cc2)CC1. The first-order valence-electron chi connectivity index (χ1n) is 9.67. The number of benzene rings is 1. The van der Waals surface area contributed by atoms with Crippen LogP contribution in [0.5, 0.6) is 0 Å². The highest BCUT2D eigenvalue weighted by molar-refractivity contribution is 7.81. The molecular formula is C19H26N4O5S. The molecule has 0 spiro atoms. The Morgan fingerprint density at radius 3 is 2.48 bits per heavy atom. The highest BCUT2D eigenvalue weighted by atomic mass is 32.1. The molecule has 0 aromatic heterocycles. The molecule has 2 aliphatic rings. The van der Waals surface area contributed by atoms with Crippen molar-refractivity contribution in [1.29, 1.82) is 0 Å². The summed E-state index contributed by atoms with van der Waals surface area (Å²) < 4.78 is 5.20. The van der Waals surface area contributed by atoms with Gasteiger partial charge in [0.1, 0.15) is 6.61 Å². The Morgan fingerprint density at radius 1 is 1.28 bits per heavy atom. The molecule has 0 saturated carbocycles. The first-order chi connectivity index (χ1) is 13.8. The second kappa shape index (κ2) is 9.45. The highest BCUT2D eigenvalue weighted by Crippen LogP contribution is 2.23. The van der Waals surface area contributed by atoms with Gasteiger partial charge in [-0.1, -0.05) is 0 Å². The normalized spacial score (nSPS) is 23.0. The van der Waals surface area contributed by atoms with Crippen molar-refractivity contribution in [2.45, 2.75) is 43.2 Å². The van der Waals surface area contributed by atoms with Crippen molar-refractivity contribution in [2.75, 3.05) is 26.7 Å². The summed E-state index contributed by atoms with van der Waals surface area (Å²) in [7, 11) is 1.95. The Bertz CT molecular complexity index is 751. The smallest absolute Gasteiger partial charge is 0.407 e. The average molecular weight is 423 g/mol. The van der Waals surface area contributed by atoms with Gasteiger partial charge in [0, 0.05) is 43.1 Å². The van der Waals surface area contributed by atoms with Crippen molar-refractivity contribution < 1.29 is 19.2 Å². The molecule has 1 aromatic rings. The molecule has 0 radical (unpaired) electrons. The van der Waals surface area contributed by atoms with Gasteiger partial charge in [-0.25, -0.2) is 4.79 Å². The molecule has 2 saturated heterocycles. The Balaban J connectivity index is 1.39. The van der Waals surface area contributed by atoms with E-state index in [9.17, 15) is 19.7 Å². The van der Waals surface area contributed by atoms with E-state index in [1.54, 1.807) is 12.1 Å². The molecule has 2 aliphatic heterocycles. The number of likely N-dealkylation sites (N-methyl/N-ethyl adjacent to an activating group) is 1. The second-order valence-electron chi connectivity index (χ2n) is 7.59. The van der Waals surface area contributed by atoms with Crippen LogP contribution in [0.15, 0.2) is 24.3 Å². The number of carbonyl (C=O) groups is 2. The van der Waals surface area contributed by atoms with Gasteiger partial charge in [0.05, 0.1) is 11.0 Å². The maximum atomic E-state index is 12.7. The summed E-state index contributed by atoms with van der Waals surface area (Å²) in [5.41, 5.74) is 0.669. The molecule has 29 heavy (non-hydrogen) atoms. The van der Waals surface area contributed by atoms with Crippen molar-refractivity contribution >= 4 is 30.3 Å². The molecule has 10 heteroatoms. The number of likely N-dealkylation sites (tertiary alicyclic amines) is 2. The number of piperidine rings is 1. The number of thiol groups is 1. The zero-order valence-corrected chi connectivity index (χ0v) is 17.2. The molecule has 0 unspecified atom stereocenters. The lowest BCUT2D eigenvalue weighted by Crippen LogP contribution is -2.51. The second-order valence-corrected chi connectivity index (χ2v) is 8.32. The summed E-state index contributed by atoms with van der Waals surface area (Å²) in [5, 5.41) is 13.7. The summed E-state index contributed by atoms with van der Waals surface area (Å²) in [6.45, 7) is 2.07. The molecule has 2 atom stereocenters. The number of nitrogens with one attached hydrogen (secondary N) is 1. The number of non-ortho nitro benzene ring substituents is 1. The number of hydrogen-bond acceptors (Lipinski definition) is 7. The standard InChI is InChI=1S/C19H26N4O5S/c1-21-11-16(29)10-17(21)18(24)22-8-6-14(7-9-22)20-19(25)28-12-13-2-4-15(5-3-13)23(26)27/h2-5,14,16-17,29H,6-12H2,1H3,(H,20,25)/t16-,17-/m0/s1. The minimum Gasteiger partial charge on any atom is -0.445 e. The largest absolute Gasteiger partial charge is 0.445 e. The number of ether oxygens (including phenoxy) is 1. The van der Waals surface area contributed by atoms with E-state index in [0.717, 1.165) is 13.0 Å². The van der Waals surface area contributed by atoms with Crippen molar-refractivity contribution in [1.82, 2.24) is 15.1 Å². The van der Waals surface area contributed by atoms with E-state index in [1.165, 1.54) is 12.1 Å². The lowest BCUT2D eigenvalue weighted by molar-refractivity contribution is -0.384. The fraction of sp³-hybridized carbons (Fsp3) is 0.579. The van der Waals surface area contributed by atoms with Crippen LogP contribution in [0.25, 0.3) is 0 Å². The predicted octanol–water partition coefficient (Wildman–Crippen LogP) is 1.81. The van der Waals surface area contributed by atoms with Crippen LogP contribution >= 0.6 is 12.6 Å². The maximum Gasteiger partial charge on any atom is 0.407 e. The third kappa shape index (κ3) is 5.60. The molecule has 2 fully saturated rings. The number of nitrogens with zero attached hydrogens (tertiary/aromatic N) is 3. The van der Waals surface area contributed by atoms with E-state index in [0.29, 0.717) is 31.5 Å². The van der Waals surface area contributed by atoms with Gasteiger partial charge in [0.25, 0.3) is 5.69 Å². The Kier molecular flexibility index (Phi) is 6.96. The number of hydrogen-bond donors (Lipinski definition) is 2. The Hall–Kier alpha value is -2.33. The van der Waals surface area contributed by atoms with Crippen LogP contribution in [0.3, 0.4) is 0 Å². The predicted molar refractivity (Wildman–Crippen MR) is 110 cm³/mol. The van der Waals surface area contributed by atoms with Gasteiger partial charge in [0.15, 0.2) is 0 Å². The summed E-state index contributed by atoms with van der Waals surface area (Å²) in [5.74, 6) is 0.142. The molecular weight excluding hydrogens is 396 g/mol. The van der Waals surface area contributed by atoms with Crippen LogP contribution in [0.2, 0.25) is 0 Å². The number of amides is 2. The number of nitro groups is 1. The first-order valence-corrected chi connectivity index (χ1v) is 10.2. The van der Waals surface area contributed by atoms with Crippen LogP contribution in [-0.4, -0.2) is 70.7 Å². The van der Waals surface area contributed by atoms with Crippen LogP contribution in [0.1, 0.15) is 24.8 Å². The summed E-state index contributed by atoms with van der Waals surface area (Å²) >= 11 is 4.48. The first kappa shape index (κ1) is 21.4. The molecule has 0 bridgehead atoms. The van der Waals surface area contributed by atoms with Crippen LogP contribution in [0, 0.1) is 10.1 Å². The lowest BCUT2D eigenvalue weighted by atomic mass is 10.0. The molecule has 0 aliphatic carbocycles. The fourth-order valence-electron chi connectivity index (χ4n) is 3.79. The number of carbonyl (C=O) groups excluding carboxylic acids is 2. The molecule has 9 nitrogen and oxygen atoms in total. The van der Waals surface area contributed by atoms with Gasteiger partial charge >= 0.3 is 6.09 Å². The Morgan fingerprint density at radius 2 is 1.93 bits per heavy atom. The monoisotopic (exact) mass is 422 g/mol. The van der Waals surface area contributed by atoms with Gasteiger partial charge in [-0.2, -0.15) is 12.6 Å². The third-order valence-electron chi connectivity index (χ3n) is 5.46. The number of rotatable bonds is 5. The van der Waals surface area contributed by atoms with E-state index >= 15 is 0 Å². The van der Waals surface area contributed by atoms with Gasteiger partial charge in [-0.05, 0) is 44.0 Å². The highest BCUT2D eigenvalue weighted by Gasteiger charge is 2.36. The van der Waals surface area contributed by atoms with E-state index in [2.05, 4.69) is 22.8 Å². The van der Waals surface area contributed by atoms with Gasteiger partial charge < -0.3 is 15.0 Å². The Labute approximate surface area is 174 Å². The minimum absolute atomic E-state index is 0.00630. The van der Waals surface area contributed by atoms with Crippen molar-refractivity contribution in [3.8, 4) is 0 Å². The topological polar surface area (TPSA) is 105 Å². The summed E-state index contributed by atoms with van der Waals surface area (Å²) in [4.78, 5) is 38.8. The molecule has 1 aromatic carbocycles. The molecule has 2 amide bonds. The summed E-state index contributed by atoms with van der Waals surface area (Å²) in [6.07, 6.45) is 1.60. The minimum atomic E-state index is -0.526. The zero-order valence-electron chi connectivity index (χ0n) is 16.3. The number of nitro benzene ring substituents is 1. The molecule has 1 N–H and O–H groups in total. The zero-order chi connectivity index (χ0) is 21.0. The van der Waals surface area contributed by atoms with Gasteiger partial charge in [-0.15, -0.1) is 0 Å². The van der Waals surface area contributed by atoms with Gasteiger partial charge in [-0.3, -0.25) is 19.8 Å². The van der Waals surface area contributed by atoms with Crippen LogP contribution in [0.4, 0.5) is 10.5 Å². The maximum absolute atomic E-state index is 12.7. The molecule has 2 heterocycles. The van der Waals surface area contributed by atoms with E-state index < -0.39 is 11.0 Å². The van der Waals surface area contributed by atoms with Crippen molar-refractivity contribution in [3.63, 3.8) is 0 Å². The molecule has 3 rings (SSSR count). The van der Waals surface area contributed by atoms with E-state index in [1.807, 2.05) is 11.9 Å². The van der Waals surface area contributed by atoms with Crippen LogP contribution < -0.4 is 5.32 Å². The van der Waals surface area contributed by atoms with E-state index in [-0.39, 0.29) is 35.5 Å².